The zero-order valence-corrected chi connectivity index (χ0v) is 7.16. The fourth-order valence-electron chi connectivity index (χ4n) is 0. The predicted octanol–water partition coefficient (Wildman–Crippen LogP) is -0.214. The van der Waals surface area contributed by atoms with Crippen molar-refractivity contribution in [2.24, 2.45) is 0 Å². The molecule has 0 saturated carbocycles. The first-order valence-corrected chi connectivity index (χ1v) is 1.55. The molecule has 34 valence electrons. The topological polar surface area (TPSA) is 60.4 Å². The quantitative estimate of drug-likeness (QED) is 0.304. The Balaban J connectivity index is -0.0000000450. The molecule has 0 bridgehead atoms. The Morgan fingerprint density at radius 2 is 1.67 bits per heavy atom. The van der Waals surface area contributed by atoms with E-state index in [1.54, 1.807) is 0 Å². The van der Waals surface area contributed by atoms with Crippen molar-refractivity contribution >= 4 is 11.4 Å². The number of hydrogen-bond donors (Lipinski definition) is 1. The summed E-state index contributed by atoms with van der Waals surface area (Å²) in [4.78, 5) is 0. The Morgan fingerprint density at radius 3 is 1.67 bits per heavy atom. The van der Waals surface area contributed by atoms with Crippen LogP contribution in [0.5, 0.6) is 0 Å². The molecule has 3 nitrogen and oxygen atoms in total. The summed E-state index contributed by atoms with van der Waals surface area (Å²) in [6, 6.07) is 0. The molecule has 0 spiro atoms. The molecule has 0 amide bonds. The van der Waals surface area contributed by atoms with Crippen molar-refractivity contribution < 1.29 is 32.8 Å². The molecule has 0 saturated heterocycles. The standard InChI is InChI=1S/CH3.H2O3S.Zn/c;1-4(2)3;/h1H3;(H2,1,2,3);/q-1;;+2/p-1. The molecule has 0 heterocycles. The van der Waals surface area contributed by atoms with Crippen LogP contribution in [0, 0.1) is 7.43 Å². The van der Waals surface area contributed by atoms with Crippen LogP contribution in [0.1, 0.15) is 0 Å². The first-order chi connectivity index (χ1) is 1.73. The molecule has 0 radical (unpaired) electrons. The van der Waals surface area contributed by atoms with E-state index in [-0.39, 0.29) is 26.9 Å². The van der Waals surface area contributed by atoms with Crippen molar-refractivity contribution in [3.63, 3.8) is 0 Å². The maximum atomic E-state index is 8.56. The van der Waals surface area contributed by atoms with Crippen molar-refractivity contribution in [2.45, 2.75) is 0 Å². The van der Waals surface area contributed by atoms with Crippen LogP contribution in [0.25, 0.3) is 0 Å². The zero-order valence-electron chi connectivity index (χ0n) is 3.38. The van der Waals surface area contributed by atoms with Crippen LogP contribution in [0.4, 0.5) is 0 Å². The summed E-state index contributed by atoms with van der Waals surface area (Å²) in [5, 5.41) is 0. The molecule has 0 rings (SSSR count). The van der Waals surface area contributed by atoms with Crippen LogP contribution in [-0.4, -0.2) is 13.3 Å². The smallest absolute Gasteiger partial charge is 0.750 e. The second kappa shape index (κ2) is 9.19. The monoisotopic (exact) mass is 160 g/mol. The molecule has 1 unspecified atom stereocenters. The first-order valence-electron chi connectivity index (χ1n) is 0.516. The Morgan fingerprint density at radius 1 is 1.67 bits per heavy atom. The van der Waals surface area contributed by atoms with Crippen LogP contribution < -0.4 is 0 Å². The molecule has 5 heteroatoms. The fourth-order valence-corrected chi connectivity index (χ4v) is 0. The van der Waals surface area contributed by atoms with Crippen LogP contribution in [-0.2, 0) is 30.8 Å². The summed E-state index contributed by atoms with van der Waals surface area (Å²) < 4.78 is 24.1. The molecule has 1 atom stereocenters. The maximum absolute atomic E-state index is 8.56. The van der Waals surface area contributed by atoms with Gasteiger partial charge in [0.05, 0.1) is 11.4 Å². The van der Waals surface area contributed by atoms with E-state index in [0.29, 0.717) is 0 Å². The van der Waals surface area contributed by atoms with Gasteiger partial charge in [-0.1, -0.05) is 0 Å². The molecule has 0 aliphatic carbocycles. The molecule has 0 fully saturated rings. The summed E-state index contributed by atoms with van der Waals surface area (Å²) in [7, 11) is 0. The Bertz CT molecular complexity index is 33.8. The predicted molar refractivity (Wildman–Crippen MR) is 18.0 cm³/mol. The van der Waals surface area contributed by atoms with Gasteiger partial charge < -0.3 is 16.5 Å². The van der Waals surface area contributed by atoms with Crippen molar-refractivity contribution in [2.75, 3.05) is 0 Å². The molecule has 6 heavy (non-hydrogen) atoms. The Hall–Kier alpha value is 0.693. The van der Waals surface area contributed by atoms with Crippen LogP contribution >= 0.6 is 0 Å². The van der Waals surface area contributed by atoms with Crippen LogP contribution in [0.15, 0.2) is 0 Å². The van der Waals surface area contributed by atoms with Crippen molar-refractivity contribution in [1.82, 2.24) is 0 Å². The van der Waals surface area contributed by atoms with Crippen LogP contribution in [0.3, 0.4) is 0 Å². The number of rotatable bonds is 0. The van der Waals surface area contributed by atoms with Crippen LogP contribution in [0.2, 0.25) is 0 Å². The minimum absolute atomic E-state index is 0. The Kier molecular flexibility index (Phi) is 24.4. The van der Waals surface area contributed by atoms with Gasteiger partial charge in [-0.3, -0.25) is 0 Å². The summed E-state index contributed by atoms with van der Waals surface area (Å²) >= 11 is -2.86. The largest absolute Gasteiger partial charge is 2.00 e. The van der Waals surface area contributed by atoms with E-state index >= 15 is 0 Å². The van der Waals surface area contributed by atoms with E-state index in [9.17, 15) is 0 Å². The van der Waals surface area contributed by atoms with Crippen molar-refractivity contribution in [3.05, 3.63) is 7.43 Å². The molecule has 0 aromatic carbocycles. The zero-order chi connectivity index (χ0) is 3.58. The second-order valence-electron chi connectivity index (χ2n) is 0.217. The van der Waals surface area contributed by atoms with Gasteiger partial charge in [0.25, 0.3) is 0 Å². The third-order valence-electron chi connectivity index (χ3n) is 0. The molecular weight excluding hydrogens is 157 g/mol. The molecule has 0 aliphatic heterocycles. The maximum Gasteiger partial charge on any atom is 2.00 e. The van der Waals surface area contributed by atoms with Gasteiger partial charge in [0.1, 0.15) is 0 Å². The van der Waals surface area contributed by atoms with Gasteiger partial charge in [-0.05, 0) is 0 Å². The van der Waals surface area contributed by atoms with E-state index in [1.807, 2.05) is 0 Å². The minimum atomic E-state index is -2.86. The normalized spacial score (nSPS) is 10.3. The van der Waals surface area contributed by atoms with Gasteiger partial charge in [-0.2, -0.15) is 0 Å². The number of hydrogen-bond acceptors (Lipinski definition) is 2. The SMILES string of the molecule is O=S([O-])O.[CH3-].[Zn+2]. The average Bonchev–Trinajstić information content (AvgIpc) is 0.811. The van der Waals surface area contributed by atoms with E-state index in [1.165, 1.54) is 0 Å². The fraction of sp³-hybridized carbons (Fsp3) is 0. The molecule has 1 N–H and O–H groups in total. The molecular formula is CH4O3SZn. The summed E-state index contributed by atoms with van der Waals surface area (Å²) in [6.07, 6.45) is 0. The second-order valence-corrected chi connectivity index (χ2v) is 0.651. The molecule has 0 aromatic rings. The first kappa shape index (κ1) is 15.9. The Labute approximate surface area is 52.0 Å². The van der Waals surface area contributed by atoms with E-state index in [0.717, 1.165) is 0 Å². The summed E-state index contributed by atoms with van der Waals surface area (Å²) in [6.45, 7) is 0. The van der Waals surface area contributed by atoms with Gasteiger partial charge in [0.2, 0.25) is 0 Å². The average molecular weight is 161 g/mol. The third-order valence-corrected chi connectivity index (χ3v) is 0. The van der Waals surface area contributed by atoms with Gasteiger partial charge in [0.15, 0.2) is 0 Å². The van der Waals surface area contributed by atoms with Gasteiger partial charge in [-0.15, -0.1) is 0 Å². The van der Waals surface area contributed by atoms with E-state index < -0.39 is 11.4 Å². The third kappa shape index (κ3) is 133. The van der Waals surface area contributed by atoms with E-state index in [4.69, 9.17) is 13.3 Å². The van der Waals surface area contributed by atoms with Gasteiger partial charge in [-0.25, -0.2) is 4.21 Å². The van der Waals surface area contributed by atoms with Crippen molar-refractivity contribution in [1.29, 1.82) is 0 Å². The molecule has 0 aliphatic rings. The minimum Gasteiger partial charge on any atom is -0.750 e. The van der Waals surface area contributed by atoms with Gasteiger partial charge >= 0.3 is 19.5 Å². The summed E-state index contributed by atoms with van der Waals surface area (Å²) in [5.74, 6) is 0. The molecule has 0 aromatic heterocycles. The van der Waals surface area contributed by atoms with Gasteiger partial charge in [0, 0.05) is 0 Å². The van der Waals surface area contributed by atoms with E-state index in [2.05, 4.69) is 0 Å². The van der Waals surface area contributed by atoms with Crippen molar-refractivity contribution in [3.8, 4) is 0 Å². The summed E-state index contributed by atoms with van der Waals surface area (Å²) in [5.41, 5.74) is 0.